The molecule has 210 valence electrons. The Balaban J connectivity index is 1.32. The number of carbonyl (C=O) groups excluding carboxylic acids is 1. The van der Waals surface area contributed by atoms with Gasteiger partial charge < -0.3 is 23.5 Å². The average molecular weight is 548 g/mol. The molecule has 2 aliphatic rings. The Morgan fingerprint density at radius 3 is 2.32 bits per heavy atom. The topological polar surface area (TPSA) is 57.2 Å². The number of para-hydroxylation sites is 1. The molecule has 6 rings (SSSR count). The van der Waals surface area contributed by atoms with Gasteiger partial charge in [-0.3, -0.25) is 4.79 Å². The van der Waals surface area contributed by atoms with Crippen molar-refractivity contribution in [2.24, 2.45) is 0 Å². The van der Waals surface area contributed by atoms with Crippen LogP contribution in [0.2, 0.25) is 0 Å². The van der Waals surface area contributed by atoms with E-state index in [1.54, 1.807) is 24.3 Å². The summed E-state index contributed by atoms with van der Waals surface area (Å²) >= 11 is 0. The minimum Gasteiger partial charge on any atom is -0.622 e. The first-order valence-electron chi connectivity index (χ1n) is 14.6. The number of hydrogen-bond acceptors (Lipinski definition) is 6. The van der Waals surface area contributed by atoms with Crippen molar-refractivity contribution in [1.82, 2.24) is 0 Å². The fourth-order valence-electron chi connectivity index (χ4n) is 5.47. The third-order valence-electron chi connectivity index (χ3n) is 7.71. The van der Waals surface area contributed by atoms with Crippen LogP contribution in [0.4, 0.5) is 5.69 Å². The summed E-state index contributed by atoms with van der Waals surface area (Å²) in [4.78, 5) is 15.4. The highest BCUT2D eigenvalue weighted by atomic mass is 16.9. The van der Waals surface area contributed by atoms with Crippen molar-refractivity contribution in [1.29, 1.82) is 0 Å². The first kappa shape index (κ1) is 27.0. The van der Waals surface area contributed by atoms with E-state index in [1.165, 1.54) is 31.4 Å². The fraction of sp³-hybridized carbons (Fsp3) is 0.265. The average Bonchev–Trinajstić information content (AvgIpc) is 3.00. The van der Waals surface area contributed by atoms with Crippen molar-refractivity contribution in [3.8, 4) is 11.5 Å². The molecule has 4 aromatic carbocycles. The van der Waals surface area contributed by atoms with E-state index in [2.05, 4.69) is 43.0 Å². The van der Waals surface area contributed by atoms with E-state index in [9.17, 15) is 4.79 Å². The highest BCUT2D eigenvalue weighted by Crippen LogP contribution is 2.45. The molecule has 2 atom stereocenters. The molecule has 0 radical (unpaired) electrons. The molecular formula is C34H35BNO5-. The lowest BCUT2D eigenvalue weighted by molar-refractivity contribution is 0.00442. The number of hydrogen-bond donors (Lipinski definition) is 0. The normalized spacial score (nSPS) is 19.4. The molecule has 0 aliphatic carbocycles. The van der Waals surface area contributed by atoms with Gasteiger partial charge in [0.1, 0.15) is 0 Å². The lowest BCUT2D eigenvalue weighted by Crippen LogP contribution is -2.60. The van der Waals surface area contributed by atoms with E-state index < -0.39 is 19.0 Å². The van der Waals surface area contributed by atoms with Gasteiger partial charge >= 0.3 is 12.9 Å². The molecule has 0 N–H and O–H groups in total. The molecule has 0 saturated heterocycles. The predicted octanol–water partition coefficient (Wildman–Crippen LogP) is 8.09. The second kappa shape index (κ2) is 11.7. The smallest absolute Gasteiger partial charge is 0.622 e. The quantitative estimate of drug-likeness (QED) is 0.197. The van der Waals surface area contributed by atoms with Crippen molar-refractivity contribution in [3.63, 3.8) is 0 Å². The third-order valence-corrected chi connectivity index (χ3v) is 7.71. The van der Waals surface area contributed by atoms with Crippen LogP contribution in [0.5, 0.6) is 11.5 Å². The van der Waals surface area contributed by atoms with Crippen LogP contribution in [-0.2, 0) is 9.31 Å². The minimum absolute atomic E-state index is 0.343. The van der Waals surface area contributed by atoms with Crippen LogP contribution in [0.1, 0.15) is 67.1 Å². The number of unbranched alkanes of at least 4 members (excludes halogenated alkanes) is 2. The van der Waals surface area contributed by atoms with Gasteiger partial charge in [0.05, 0.1) is 23.2 Å². The molecule has 1 spiro atoms. The van der Waals surface area contributed by atoms with Gasteiger partial charge in [-0.25, -0.2) is 0 Å². The Bertz CT molecular complexity index is 1560. The number of rotatable bonds is 9. The van der Waals surface area contributed by atoms with Gasteiger partial charge in [0.2, 0.25) is 0 Å². The fourth-order valence-corrected chi connectivity index (χ4v) is 5.47. The first-order valence-corrected chi connectivity index (χ1v) is 14.6. The third kappa shape index (κ3) is 5.55. The number of carbonyl (C=O) groups is 1. The molecule has 0 aromatic heterocycles. The Morgan fingerprint density at radius 1 is 0.805 bits per heavy atom. The molecule has 2 aliphatic heterocycles. The van der Waals surface area contributed by atoms with Crippen molar-refractivity contribution >= 4 is 35.5 Å². The zero-order valence-electron chi connectivity index (χ0n) is 23.6. The van der Waals surface area contributed by atoms with Gasteiger partial charge in [0.15, 0.2) is 0 Å². The maximum absolute atomic E-state index is 13.0. The monoisotopic (exact) mass is 548 g/mol. The van der Waals surface area contributed by atoms with Gasteiger partial charge in [0, 0.05) is 29.7 Å². The molecule has 41 heavy (non-hydrogen) atoms. The summed E-state index contributed by atoms with van der Waals surface area (Å²) in [6.45, 7) is 3.71. The van der Waals surface area contributed by atoms with Crippen molar-refractivity contribution in [3.05, 3.63) is 108 Å². The summed E-state index contributed by atoms with van der Waals surface area (Å²) in [5.41, 5.74) is 3.47. The van der Waals surface area contributed by atoms with E-state index >= 15 is 0 Å². The summed E-state index contributed by atoms with van der Waals surface area (Å²) in [6, 6.07) is 27.6. The lowest BCUT2D eigenvalue weighted by atomic mass is 9.91. The molecule has 0 fully saturated rings. The maximum atomic E-state index is 13.0. The van der Waals surface area contributed by atoms with Gasteiger partial charge in [-0.05, 0) is 48.1 Å². The van der Waals surface area contributed by atoms with E-state index in [-0.39, 0.29) is 0 Å². The molecular weight excluding hydrogens is 513 g/mol. The minimum atomic E-state index is -2.88. The lowest BCUT2D eigenvalue weighted by Gasteiger charge is -2.49. The second-order valence-electron chi connectivity index (χ2n) is 10.6. The van der Waals surface area contributed by atoms with Crippen molar-refractivity contribution < 1.29 is 23.4 Å². The van der Waals surface area contributed by atoms with Crippen LogP contribution in [0.25, 0.3) is 16.8 Å². The summed E-state index contributed by atoms with van der Waals surface area (Å²) < 4.78 is 24.6. The number of benzene rings is 4. The number of nitrogens with zero attached hydrogens (tertiary/aromatic N) is 1. The highest BCUT2D eigenvalue weighted by Gasteiger charge is 2.50. The van der Waals surface area contributed by atoms with Gasteiger partial charge in [-0.2, -0.15) is 0 Å². The van der Waals surface area contributed by atoms with E-state index in [0.717, 1.165) is 35.0 Å². The Morgan fingerprint density at radius 2 is 1.54 bits per heavy atom. The summed E-state index contributed by atoms with van der Waals surface area (Å²) in [7, 11) is 0. The molecule has 0 saturated carbocycles. The summed E-state index contributed by atoms with van der Waals surface area (Å²) in [6.07, 6.45) is 8.16. The number of fused-ring (bicyclic) bond motifs is 4. The molecule has 2 unspecified atom stereocenters. The van der Waals surface area contributed by atoms with Crippen LogP contribution in [0.15, 0.2) is 91.0 Å². The summed E-state index contributed by atoms with van der Waals surface area (Å²) in [5, 5.41) is 1.91. The summed E-state index contributed by atoms with van der Waals surface area (Å²) in [5.74, 6) is 0.431. The van der Waals surface area contributed by atoms with E-state index in [4.69, 9.17) is 18.6 Å². The second-order valence-corrected chi connectivity index (χ2v) is 10.6. The highest BCUT2D eigenvalue weighted by molar-refractivity contribution is 6.59. The molecule has 6 nitrogen and oxygen atoms in total. The van der Waals surface area contributed by atoms with Crippen LogP contribution >= 0.6 is 0 Å². The molecule has 2 heterocycles. The standard InChI is InChI=1S/C34H35BNO5/c1-3-5-23-36(24-6-4-2)27-19-15-25(16-20-27)17-22-32-29-21-18-26-11-7-8-12-28(26)33(29)40-35(39-32)38-31-14-10-9-13-30(31)34(37)41-35/h7-22,32H,3-6,23-24H2,1-2H3/q-1/b22-17+. The Hall–Kier alpha value is -4.23. The zero-order valence-corrected chi connectivity index (χ0v) is 23.6. The van der Waals surface area contributed by atoms with Crippen molar-refractivity contribution in [2.45, 2.75) is 45.6 Å². The zero-order chi connectivity index (χ0) is 28.2. The Kier molecular flexibility index (Phi) is 7.70. The van der Waals surface area contributed by atoms with Gasteiger partial charge in [0.25, 0.3) is 0 Å². The van der Waals surface area contributed by atoms with E-state index in [1.807, 2.05) is 48.6 Å². The predicted molar refractivity (Wildman–Crippen MR) is 164 cm³/mol. The molecule has 4 aromatic rings. The van der Waals surface area contributed by atoms with Crippen molar-refractivity contribution in [2.75, 3.05) is 18.0 Å². The molecule has 0 amide bonds. The van der Waals surface area contributed by atoms with Crippen LogP contribution in [-0.4, -0.2) is 26.0 Å². The number of anilines is 1. The van der Waals surface area contributed by atoms with Crippen LogP contribution in [0, 0.1) is 0 Å². The Labute approximate surface area is 241 Å². The van der Waals surface area contributed by atoms with Gasteiger partial charge in [-0.1, -0.05) is 99.5 Å². The largest absolute Gasteiger partial charge is 0.716 e. The van der Waals surface area contributed by atoms with Gasteiger partial charge in [-0.15, -0.1) is 0 Å². The van der Waals surface area contributed by atoms with Crippen LogP contribution in [0.3, 0.4) is 0 Å². The maximum Gasteiger partial charge on any atom is 0.716 e. The molecule has 0 bridgehead atoms. The van der Waals surface area contributed by atoms with E-state index in [0.29, 0.717) is 17.1 Å². The SMILES string of the molecule is CCCCN(CCCC)c1ccc(/C=C/C2O[B-]3(OC(=O)c4ccccc4O3)Oc3c2ccc2ccccc32)cc1. The van der Waals surface area contributed by atoms with Crippen LogP contribution < -0.4 is 14.2 Å². The molecule has 7 heteroatoms. The first-order chi connectivity index (χ1) is 20.1.